The second kappa shape index (κ2) is 5.67. The number of benzene rings is 1. The number of piperidine rings is 1. The van der Waals surface area contributed by atoms with E-state index in [1.165, 1.54) is 18.9 Å². The summed E-state index contributed by atoms with van der Waals surface area (Å²) >= 11 is 0. The molecule has 18 heavy (non-hydrogen) atoms. The van der Waals surface area contributed by atoms with E-state index < -0.39 is 0 Å². The van der Waals surface area contributed by atoms with Crippen molar-refractivity contribution < 1.29 is 4.39 Å². The van der Waals surface area contributed by atoms with E-state index in [0.717, 1.165) is 25.2 Å². The van der Waals surface area contributed by atoms with Gasteiger partial charge >= 0.3 is 0 Å². The number of rotatable bonds is 3. The normalized spacial score (nSPS) is 21.4. The summed E-state index contributed by atoms with van der Waals surface area (Å²) in [4.78, 5) is 4.65. The zero-order valence-electron chi connectivity index (χ0n) is 11.2. The number of hydrogen-bond donors (Lipinski definition) is 1. The highest BCUT2D eigenvalue weighted by molar-refractivity contribution is 5.41. The zero-order valence-corrected chi connectivity index (χ0v) is 11.2. The number of likely N-dealkylation sites (tertiary alicyclic amines) is 1. The summed E-state index contributed by atoms with van der Waals surface area (Å²) in [5, 5.41) is 0. The number of nitrogen functional groups attached to an aromatic ring is 1. The molecule has 4 heteroatoms. The Labute approximate surface area is 108 Å². The monoisotopic (exact) mass is 251 g/mol. The number of nitrogens with two attached hydrogens (primary N) is 1. The Morgan fingerprint density at radius 1 is 1.39 bits per heavy atom. The van der Waals surface area contributed by atoms with Gasteiger partial charge in [0.25, 0.3) is 0 Å². The Morgan fingerprint density at radius 2 is 2.17 bits per heavy atom. The summed E-state index contributed by atoms with van der Waals surface area (Å²) in [6.07, 6.45) is 2.45. The number of hydrogen-bond acceptors (Lipinski definition) is 3. The molecule has 2 rings (SSSR count). The van der Waals surface area contributed by atoms with Gasteiger partial charge in [-0.15, -0.1) is 0 Å². The van der Waals surface area contributed by atoms with E-state index in [0.29, 0.717) is 11.7 Å². The maximum absolute atomic E-state index is 13.3. The summed E-state index contributed by atoms with van der Waals surface area (Å²) in [5.74, 6) is -0.244. The highest BCUT2D eigenvalue weighted by Gasteiger charge is 2.21. The third kappa shape index (κ3) is 3.43. The van der Waals surface area contributed by atoms with Gasteiger partial charge in [-0.2, -0.15) is 0 Å². The molecule has 1 aliphatic rings. The first-order valence-corrected chi connectivity index (χ1v) is 6.48. The molecule has 0 saturated carbocycles. The average molecular weight is 251 g/mol. The SMILES string of the molecule is CN(C)C1CCCN(Cc2cc(N)cc(F)c2)C1. The van der Waals surface area contributed by atoms with Gasteiger partial charge in [-0.25, -0.2) is 4.39 Å². The van der Waals surface area contributed by atoms with Crippen LogP contribution in [0.4, 0.5) is 10.1 Å². The highest BCUT2D eigenvalue weighted by Crippen LogP contribution is 2.18. The molecule has 1 aliphatic heterocycles. The first-order chi connectivity index (χ1) is 8.54. The second-order valence-electron chi connectivity index (χ2n) is 5.39. The molecule has 0 bridgehead atoms. The quantitative estimate of drug-likeness (QED) is 0.833. The summed E-state index contributed by atoms with van der Waals surface area (Å²) in [5.41, 5.74) is 7.14. The van der Waals surface area contributed by atoms with Gasteiger partial charge in [-0.1, -0.05) is 0 Å². The molecule has 0 amide bonds. The third-order valence-corrected chi connectivity index (χ3v) is 3.60. The van der Waals surface area contributed by atoms with Gasteiger partial charge in [0, 0.05) is 24.8 Å². The van der Waals surface area contributed by atoms with Gasteiger partial charge in [0.2, 0.25) is 0 Å². The van der Waals surface area contributed by atoms with Crippen molar-refractivity contribution in [3.8, 4) is 0 Å². The zero-order chi connectivity index (χ0) is 13.1. The van der Waals surface area contributed by atoms with Crippen LogP contribution in [0.1, 0.15) is 18.4 Å². The Bertz CT molecular complexity index is 386. The molecule has 0 radical (unpaired) electrons. The highest BCUT2D eigenvalue weighted by atomic mass is 19.1. The van der Waals surface area contributed by atoms with E-state index in [4.69, 9.17) is 5.73 Å². The van der Waals surface area contributed by atoms with Gasteiger partial charge < -0.3 is 10.6 Å². The number of halogens is 1. The van der Waals surface area contributed by atoms with E-state index >= 15 is 0 Å². The number of anilines is 1. The van der Waals surface area contributed by atoms with Crippen LogP contribution in [0.2, 0.25) is 0 Å². The average Bonchev–Trinajstić information content (AvgIpc) is 2.27. The molecule has 2 N–H and O–H groups in total. The lowest BCUT2D eigenvalue weighted by atomic mass is 10.0. The van der Waals surface area contributed by atoms with Crippen LogP contribution in [0.3, 0.4) is 0 Å². The molecule has 1 unspecified atom stereocenters. The minimum atomic E-state index is -0.244. The van der Waals surface area contributed by atoms with Crippen molar-refractivity contribution in [2.24, 2.45) is 0 Å². The van der Waals surface area contributed by atoms with Gasteiger partial charge in [-0.05, 0) is 57.2 Å². The van der Waals surface area contributed by atoms with Gasteiger partial charge in [0.1, 0.15) is 5.82 Å². The van der Waals surface area contributed by atoms with Crippen molar-refractivity contribution in [2.45, 2.75) is 25.4 Å². The summed E-state index contributed by atoms with van der Waals surface area (Å²) in [6, 6.07) is 5.41. The molecule has 1 aromatic carbocycles. The number of likely N-dealkylation sites (N-methyl/N-ethyl adjacent to an activating group) is 1. The van der Waals surface area contributed by atoms with Crippen LogP contribution in [0.15, 0.2) is 18.2 Å². The molecule has 1 fully saturated rings. The van der Waals surface area contributed by atoms with Crippen LogP contribution in [-0.2, 0) is 6.54 Å². The van der Waals surface area contributed by atoms with Gasteiger partial charge in [-0.3, -0.25) is 4.90 Å². The van der Waals surface area contributed by atoms with Crippen LogP contribution < -0.4 is 5.73 Å². The molecule has 0 aromatic heterocycles. The van der Waals surface area contributed by atoms with Crippen molar-refractivity contribution in [1.29, 1.82) is 0 Å². The molecular weight excluding hydrogens is 229 g/mol. The molecule has 1 atom stereocenters. The van der Waals surface area contributed by atoms with Crippen LogP contribution in [0.5, 0.6) is 0 Å². The van der Waals surface area contributed by atoms with Crippen molar-refractivity contribution in [1.82, 2.24) is 9.80 Å². The fourth-order valence-electron chi connectivity index (χ4n) is 2.62. The van der Waals surface area contributed by atoms with E-state index in [1.807, 2.05) is 6.07 Å². The van der Waals surface area contributed by atoms with Crippen LogP contribution in [0, 0.1) is 5.82 Å². The maximum atomic E-state index is 13.3. The Morgan fingerprint density at radius 3 is 2.83 bits per heavy atom. The predicted octanol–water partition coefficient (Wildman–Crippen LogP) is 1.93. The fraction of sp³-hybridized carbons (Fsp3) is 0.571. The lowest BCUT2D eigenvalue weighted by molar-refractivity contribution is 0.128. The van der Waals surface area contributed by atoms with Gasteiger partial charge in [0.05, 0.1) is 0 Å². The maximum Gasteiger partial charge on any atom is 0.125 e. The van der Waals surface area contributed by atoms with E-state index in [-0.39, 0.29) is 5.82 Å². The molecule has 1 aromatic rings. The molecule has 3 nitrogen and oxygen atoms in total. The first-order valence-electron chi connectivity index (χ1n) is 6.48. The van der Waals surface area contributed by atoms with Crippen molar-refractivity contribution in [3.63, 3.8) is 0 Å². The second-order valence-corrected chi connectivity index (χ2v) is 5.39. The minimum Gasteiger partial charge on any atom is -0.399 e. The van der Waals surface area contributed by atoms with Crippen molar-refractivity contribution in [3.05, 3.63) is 29.6 Å². The standard InChI is InChI=1S/C14H22FN3/c1-17(2)14-4-3-5-18(10-14)9-11-6-12(15)8-13(16)7-11/h6-8,14H,3-5,9-10,16H2,1-2H3. The largest absolute Gasteiger partial charge is 0.399 e. The molecule has 100 valence electrons. The van der Waals surface area contributed by atoms with Crippen LogP contribution in [-0.4, -0.2) is 43.0 Å². The summed E-state index contributed by atoms with van der Waals surface area (Å²) in [7, 11) is 4.24. The van der Waals surface area contributed by atoms with Gasteiger partial charge in [0.15, 0.2) is 0 Å². The van der Waals surface area contributed by atoms with Crippen LogP contribution >= 0.6 is 0 Å². The molecule has 1 heterocycles. The van der Waals surface area contributed by atoms with E-state index in [9.17, 15) is 4.39 Å². The predicted molar refractivity (Wildman–Crippen MR) is 72.8 cm³/mol. The molecule has 1 saturated heterocycles. The topological polar surface area (TPSA) is 32.5 Å². The number of nitrogens with zero attached hydrogens (tertiary/aromatic N) is 2. The Kier molecular flexibility index (Phi) is 4.19. The smallest absolute Gasteiger partial charge is 0.125 e. The fourth-order valence-corrected chi connectivity index (χ4v) is 2.62. The van der Waals surface area contributed by atoms with Crippen molar-refractivity contribution >= 4 is 5.69 Å². The summed E-state index contributed by atoms with van der Waals surface area (Å²) in [6.45, 7) is 2.91. The Balaban J connectivity index is 2.00. The Hall–Kier alpha value is -1.13. The molecular formula is C14H22FN3. The summed E-state index contributed by atoms with van der Waals surface area (Å²) < 4.78 is 13.3. The lowest BCUT2D eigenvalue weighted by Gasteiger charge is -2.36. The van der Waals surface area contributed by atoms with Crippen LogP contribution in [0.25, 0.3) is 0 Å². The first kappa shape index (κ1) is 13.3. The minimum absolute atomic E-state index is 0.244. The molecule has 0 spiro atoms. The third-order valence-electron chi connectivity index (χ3n) is 3.60. The van der Waals surface area contributed by atoms with E-state index in [1.54, 1.807) is 6.07 Å². The molecule has 0 aliphatic carbocycles. The van der Waals surface area contributed by atoms with E-state index in [2.05, 4.69) is 23.9 Å². The lowest BCUT2D eigenvalue weighted by Crippen LogP contribution is -2.44. The van der Waals surface area contributed by atoms with Crippen molar-refractivity contribution in [2.75, 3.05) is 32.9 Å².